The average molecular weight is 367 g/mol. The number of carbonyl (C=O) groups is 1. The Balaban J connectivity index is 1.85. The number of nitrogens with zero attached hydrogens (tertiary/aromatic N) is 2. The molecule has 3 rings (SSSR count). The largest absolute Gasteiger partial charge is 0.492 e. The summed E-state index contributed by atoms with van der Waals surface area (Å²) in [7, 11) is 0. The summed E-state index contributed by atoms with van der Waals surface area (Å²) in [5.41, 5.74) is 8.14. The number of carbonyl (C=O) groups excluding carboxylic acids is 1. The number of aryl methyl sites for hydroxylation is 1. The predicted molar refractivity (Wildman–Crippen MR) is 107 cm³/mol. The van der Waals surface area contributed by atoms with E-state index in [1.54, 1.807) is 6.20 Å². The molecule has 0 atom stereocenters. The molecule has 144 valence electrons. The second-order valence-electron chi connectivity index (χ2n) is 7.16. The van der Waals surface area contributed by atoms with Crippen LogP contribution in [0.3, 0.4) is 0 Å². The first kappa shape index (κ1) is 19.4. The minimum Gasteiger partial charge on any atom is -0.492 e. The Kier molecular flexibility index (Phi) is 6.82. The lowest BCUT2D eigenvalue weighted by atomic mass is 9.93. The number of aromatic nitrogens is 1. The summed E-state index contributed by atoms with van der Waals surface area (Å²) in [6.07, 6.45) is 7.50. The molecule has 1 amide bonds. The summed E-state index contributed by atoms with van der Waals surface area (Å²) in [4.78, 5) is 19.8. The second kappa shape index (κ2) is 9.51. The highest BCUT2D eigenvalue weighted by Gasteiger charge is 2.27. The summed E-state index contributed by atoms with van der Waals surface area (Å²) in [6.45, 7) is 3.41. The Morgan fingerprint density at radius 1 is 1.22 bits per heavy atom. The summed E-state index contributed by atoms with van der Waals surface area (Å²) in [5, 5.41) is 0. The maximum Gasteiger partial charge on any atom is 0.254 e. The Labute approximate surface area is 161 Å². The van der Waals surface area contributed by atoms with Crippen molar-refractivity contribution < 1.29 is 9.53 Å². The van der Waals surface area contributed by atoms with E-state index in [0.29, 0.717) is 25.3 Å². The third-order valence-corrected chi connectivity index (χ3v) is 5.15. The van der Waals surface area contributed by atoms with Crippen LogP contribution in [-0.4, -0.2) is 35.0 Å². The molecule has 0 aliphatic heterocycles. The molecular weight excluding hydrogens is 338 g/mol. The van der Waals surface area contributed by atoms with Crippen molar-refractivity contribution in [2.75, 3.05) is 13.2 Å². The third-order valence-electron chi connectivity index (χ3n) is 5.15. The molecule has 1 aromatic heterocycles. The van der Waals surface area contributed by atoms with Gasteiger partial charge in [0.15, 0.2) is 0 Å². The first-order chi connectivity index (χ1) is 13.2. The van der Waals surface area contributed by atoms with E-state index in [0.717, 1.165) is 29.8 Å². The van der Waals surface area contributed by atoms with Crippen molar-refractivity contribution in [2.24, 2.45) is 5.73 Å². The van der Waals surface area contributed by atoms with Crippen molar-refractivity contribution in [1.29, 1.82) is 0 Å². The van der Waals surface area contributed by atoms with E-state index in [4.69, 9.17) is 10.5 Å². The van der Waals surface area contributed by atoms with Gasteiger partial charge in [-0.25, -0.2) is 0 Å². The molecule has 5 heteroatoms. The van der Waals surface area contributed by atoms with E-state index in [1.807, 2.05) is 48.2 Å². The first-order valence-electron chi connectivity index (χ1n) is 9.83. The van der Waals surface area contributed by atoms with Crippen LogP contribution >= 0.6 is 0 Å². The van der Waals surface area contributed by atoms with Gasteiger partial charge in [-0.15, -0.1) is 0 Å². The van der Waals surface area contributed by atoms with Crippen molar-refractivity contribution >= 4 is 5.91 Å². The summed E-state index contributed by atoms with van der Waals surface area (Å²) >= 11 is 0. The number of benzene rings is 1. The maximum absolute atomic E-state index is 13.4. The Bertz CT molecular complexity index is 742. The summed E-state index contributed by atoms with van der Waals surface area (Å²) in [5.74, 6) is 0.776. The second-order valence-corrected chi connectivity index (χ2v) is 7.16. The van der Waals surface area contributed by atoms with E-state index in [1.165, 1.54) is 19.3 Å². The van der Waals surface area contributed by atoms with Crippen molar-refractivity contribution in [3.63, 3.8) is 0 Å². The minimum atomic E-state index is 0.0464. The smallest absolute Gasteiger partial charge is 0.254 e. The van der Waals surface area contributed by atoms with E-state index < -0.39 is 0 Å². The number of nitrogens with two attached hydrogens (primary N) is 1. The van der Waals surface area contributed by atoms with Gasteiger partial charge >= 0.3 is 0 Å². The lowest BCUT2D eigenvalue weighted by Crippen LogP contribution is -2.41. The zero-order valence-corrected chi connectivity index (χ0v) is 16.1. The van der Waals surface area contributed by atoms with Crippen molar-refractivity contribution in [3.8, 4) is 5.75 Å². The van der Waals surface area contributed by atoms with Gasteiger partial charge in [-0.2, -0.15) is 0 Å². The molecule has 2 N–H and O–H groups in total. The highest BCUT2D eigenvalue weighted by atomic mass is 16.5. The van der Waals surface area contributed by atoms with Crippen LogP contribution in [0.5, 0.6) is 5.75 Å². The van der Waals surface area contributed by atoms with Gasteiger partial charge in [0.25, 0.3) is 5.91 Å². The highest BCUT2D eigenvalue weighted by Crippen LogP contribution is 2.27. The fourth-order valence-corrected chi connectivity index (χ4v) is 3.65. The number of hydrogen-bond acceptors (Lipinski definition) is 4. The van der Waals surface area contributed by atoms with Crippen LogP contribution in [0.1, 0.15) is 53.7 Å². The zero-order valence-electron chi connectivity index (χ0n) is 16.1. The van der Waals surface area contributed by atoms with Crippen molar-refractivity contribution in [1.82, 2.24) is 9.88 Å². The van der Waals surface area contributed by atoms with Crippen LogP contribution in [0.4, 0.5) is 0 Å². The molecule has 27 heavy (non-hydrogen) atoms. The van der Waals surface area contributed by atoms with Crippen LogP contribution in [0.2, 0.25) is 0 Å². The Morgan fingerprint density at radius 2 is 2.04 bits per heavy atom. The lowest BCUT2D eigenvalue weighted by Gasteiger charge is -2.34. The molecule has 0 bridgehead atoms. The van der Waals surface area contributed by atoms with Gasteiger partial charge in [0.1, 0.15) is 12.4 Å². The molecule has 1 heterocycles. The number of rotatable bonds is 7. The van der Waals surface area contributed by atoms with E-state index in [2.05, 4.69) is 4.98 Å². The molecule has 1 fully saturated rings. The van der Waals surface area contributed by atoms with Gasteiger partial charge in [0, 0.05) is 24.3 Å². The SMILES string of the molecule is Cc1ccc(C(=O)N(Cc2ccccn2)C2CCCCC2)cc1OCCN. The molecule has 1 aromatic carbocycles. The fourth-order valence-electron chi connectivity index (χ4n) is 3.65. The average Bonchev–Trinajstić information content (AvgIpc) is 2.72. The number of pyridine rings is 1. The predicted octanol–water partition coefficient (Wildman–Crippen LogP) is 3.70. The van der Waals surface area contributed by atoms with Crippen LogP contribution in [0.15, 0.2) is 42.6 Å². The number of ether oxygens (including phenoxy) is 1. The van der Waals surface area contributed by atoms with E-state index in [-0.39, 0.29) is 11.9 Å². The molecule has 2 aromatic rings. The number of amides is 1. The lowest BCUT2D eigenvalue weighted by molar-refractivity contribution is 0.0610. The van der Waals surface area contributed by atoms with Crippen molar-refractivity contribution in [3.05, 3.63) is 59.4 Å². The van der Waals surface area contributed by atoms with Gasteiger partial charge < -0.3 is 15.4 Å². The van der Waals surface area contributed by atoms with Crippen molar-refractivity contribution in [2.45, 2.75) is 51.6 Å². The molecule has 5 nitrogen and oxygen atoms in total. The topological polar surface area (TPSA) is 68.5 Å². The molecule has 1 aliphatic rings. The first-order valence-corrected chi connectivity index (χ1v) is 9.83. The minimum absolute atomic E-state index is 0.0464. The van der Waals surface area contributed by atoms with Gasteiger partial charge in [-0.05, 0) is 49.6 Å². The van der Waals surface area contributed by atoms with Crippen LogP contribution < -0.4 is 10.5 Å². The monoisotopic (exact) mass is 367 g/mol. The van der Waals surface area contributed by atoms with Crippen LogP contribution in [-0.2, 0) is 6.54 Å². The van der Waals surface area contributed by atoms with Gasteiger partial charge in [-0.3, -0.25) is 9.78 Å². The van der Waals surface area contributed by atoms with Gasteiger partial charge in [0.2, 0.25) is 0 Å². The quantitative estimate of drug-likeness (QED) is 0.810. The van der Waals surface area contributed by atoms with Crippen LogP contribution in [0.25, 0.3) is 0 Å². The molecule has 0 spiro atoms. The highest BCUT2D eigenvalue weighted by molar-refractivity contribution is 5.95. The Hall–Kier alpha value is -2.40. The molecule has 0 unspecified atom stereocenters. The molecule has 0 saturated heterocycles. The van der Waals surface area contributed by atoms with E-state index in [9.17, 15) is 4.79 Å². The zero-order chi connectivity index (χ0) is 19.1. The standard InChI is InChI=1S/C22H29N3O2/c1-17-10-11-18(15-21(17)27-14-12-23)22(26)25(20-8-3-2-4-9-20)16-19-7-5-6-13-24-19/h5-7,10-11,13,15,20H,2-4,8-9,12,14,16,23H2,1H3. The molecule has 1 saturated carbocycles. The van der Waals surface area contributed by atoms with Gasteiger partial charge in [0.05, 0.1) is 12.2 Å². The van der Waals surface area contributed by atoms with E-state index >= 15 is 0 Å². The molecular formula is C22H29N3O2. The fraction of sp³-hybridized carbons (Fsp3) is 0.455. The summed E-state index contributed by atoms with van der Waals surface area (Å²) in [6, 6.07) is 11.8. The molecule has 0 radical (unpaired) electrons. The maximum atomic E-state index is 13.4. The summed E-state index contributed by atoms with van der Waals surface area (Å²) < 4.78 is 5.71. The molecule has 1 aliphatic carbocycles. The normalized spacial score (nSPS) is 14.7. The Morgan fingerprint density at radius 3 is 2.74 bits per heavy atom. The number of hydrogen-bond donors (Lipinski definition) is 1. The third kappa shape index (κ3) is 5.07. The van der Waals surface area contributed by atoms with Gasteiger partial charge in [-0.1, -0.05) is 31.4 Å². The van der Waals surface area contributed by atoms with Crippen LogP contribution in [0, 0.1) is 6.92 Å².